The molecule has 21 heavy (non-hydrogen) atoms. The van der Waals surface area contributed by atoms with Crippen LogP contribution >= 0.6 is 11.6 Å². The minimum atomic E-state index is -0.626. The molecule has 1 unspecified atom stereocenters. The van der Waals surface area contributed by atoms with E-state index >= 15 is 0 Å². The van der Waals surface area contributed by atoms with Crippen LogP contribution in [0, 0.1) is 11.6 Å². The van der Waals surface area contributed by atoms with Crippen molar-refractivity contribution in [2.75, 3.05) is 0 Å². The van der Waals surface area contributed by atoms with Crippen LogP contribution in [0.1, 0.15) is 17.2 Å². The van der Waals surface area contributed by atoms with Crippen molar-refractivity contribution in [2.24, 2.45) is 5.73 Å². The Labute approximate surface area is 126 Å². The van der Waals surface area contributed by atoms with E-state index in [1.807, 2.05) is 6.07 Å². The highest BCUT2D eigenvalue weighted by molar-refractivity contribution is 6.31. The van der Waals surface area contributed by atoms with Crippen LogP contribution in [0.5, 0.6) is 0 Å². The Morgan fingerprint density at radius 3 is 2.33 bits per heavy atom. The van der Waals surface area contributed by atoms with Gasteiger partial charge < -0.3 is 5.73 Å². The molecule has 0 fully saturated rings. The number of nitrogens with two attached hydrogens (primary N) is 1. The number of benzene rings is 3. The van der Waals surface area contributed by atoms with Gasteiger partial charge in [-0.3, -0.25) is 0 Å². The van der Waals surface area contributed by atoms with E-state index in [-0.39, 0.29) is 5.82 Å². The predicted octanol–water partition coefficient (Wildman–Crippen LogP) is 4.82. The second-order valence-corrected chi connectivity index (χ2v) is 5.23. The first-order valence-corrected chi connectivity index (χ1v) is 6.83. The van der Waals surface area contributed by atoms with Crippen LogP contribution in [-0.2, 0) is 0 Å². The van der Waals surface area contributed by atoms with Gasteiger partial charge in [-0.25, -0.2) is 8.78 Å². The van der Waals surface area contributed by atoms with E-state index in [1.165, 1.54) is 24.3 Å². The zero-order valence-corrected chi connectivity index (χ0v) is 11.7. The number of hydrogen-bond acceptors (Lipinski definition) is 1. The maximum atomic E-state index is 13.8. The molecule has 0 heterocycles. The van der Waals surface area contributed by atoms with E-state index in [0.29, 0.717) is 26.9 Å². The van der Waals surface area contributed by atoms with Crippen LogP contribution < -0.4 is 5.73 Å². The summed E-state index contributed by atoms with van der Waals surface area (Å²) < 4.78 is 27.3. The van der Waals surface area contributed by atoms with Gasteiger partial charge >= 0.3 is 0 Å². The van der Waals surface area contributed by atoms with Crippen molar-refractivity contribution < 1.29 is 8.78 Å². The van der Waals surface area contributed by atoms with Crippen molar-refractivity contribution in [1.29, 1.82) is 0 Å². The molecule has 0 radical (unpaired) electrons. The molecule has 3 rings (SSSR count). The van der Waals surface area contributed by atoms with E-state index < -0.39 is 11.9 Å². The van der Waals surface area contributed by atoms with Crippen LogP contribution in [0.15, 0.2) is 54.6 Å². The Morgan fingerprint density at radius 1 is 0.857 bits per heavy atom. The maximum absolute atomic E-state index is 13.8. The van der Waals surface area contributed by atoms with Gasteiger partial charge in [-0.1, -0.05) is 41.9 Å². The van der Waals surface area contributed by atoms with Gasteiger partial charge in [0.25, 0.3) is 0 Å². The lowest BCUT2D eigenvalue weighted by molar-refractivity contribution is 0.623. The molecular formula is C17H12ClF2N. The summed E-state index contributed by atoms with van der Waals surface area (Å²) >= 11 is 6.10. The Balaban J connectivity index is 2.20. The van der Waals surface area contributed by atoms with E-state index in [9.17, 15) is 8.78 Å². The molecule has 4 heteroatoms. The molecule has 0 spiro atoms. The monoisotopic (exact) mass is 303 g/mol. The average Bonchev–Trinajstić information content (AvgIpc) is 2.50. The number of fused-ring (bicyclic) bond motifs is 1. The third-order valence-electron chi connectivity index (χ3n) is 3.53. The summed E-state index contributed by atoms with van der Waals surface area (Å²) in [6.07, 6.45) is 0. The third-order valence-corrected chi connectivity index (χ3v) is 3.88. The molecule has 0 aromatic heterocycles. The lowest BCUT2D eigenvalue weighted by Gasteiger charge is -2.17. The summed E-state index contributed by atoms with van der Waals surface area (Å²) in [6, 6.07) is 13.5. The Bertz CT molecular complexity index is 817. The summed E-state index contributed by atoms with van der Waals surface area (Å²) in [4.78, 5) is 0. The summed E-state index contributed by atoms with van der Waals surface area (Å²) in [7, 11) is 0. The zero-order chi connectivity index (χ0) is 15.0. The lowest BCUT2D eigenvalue weighted by Crippen LogP contribution is -2.13. The third kappa shape index (κ3) is 2.50. The molecule has 0 saturated heterocycles. The minimum absolute atomic E-state index is 0.313. The van der Waals surface area contributed by atoms with Crippen LogP contribution in [0.25, 0.3) is 10.8 Å². The van der Waals surface area contributed by atoms with Crippen LogP contribution in [0.4, 0.5) is 8.78 Å². The van der Waals surface area contributed by atoms with E-state index in [4.69, 9.17) is 17.3 Å². The van der Waals surface area contributed by atoms with Gasteiger partial charge in [0, 0.05) is 10.4 Å². The Hall–Kier alpha value is -1.97. The standard InChI is InChI=1S/C17H12ClF2N/c18-15-7-5-10(19)9-14(15)17(21)13-6-8-16(20)12-4-2-1-3-11(12)13/h1-9,17H,21H2. The summed E-state index contributed by atoms with van der Waals surface area (Å²) in [5.41, 5.74) is 7.42. The molecule has 0 saturated carbocycles. The highest BCUT2D eigenvalue weighted by Crippen LogP contribution is 2.32. The molecule has 0 aliphatic carbocycles. The predicted molar refractivity (Wildman–Crippen MR) is 81.3 cm³/mol. The number of halogens is 3. The summed E-state index contributed by atoms with van der Waals surface area (Å²) in [5.74, 6) is -0.719. The van der Waals surface area contributed by atoms with Crippen molar-refractivity contribution in [3.05, 3.63) is 82.4 Å². The fourth-order valence-electron chi connectivity index (χ4n) is 2.48. The maximum Gasteiger partial charge on any atom is 0.131 e. The fraction of sp³-hybridized carbons (Fsp3) is 0.0588. The van der Waals surface area contributed by atoms with E-state index in [1.54, 1.807) is 24.3 Å². The molecule has 1 atom stereocenters. The van der Waals surface area contributed by atoms with Crippen LogP contribution in [0.3, 0.4) is 0 Å². The van der Waals surface area contributed by atoms with E-state index in [0.717, 1.165) is 0 Å². The highest BCUT2D eigenvalue weighted by Gasteiger charge is 2.17. The molecule has 0 bridgehead atoms. The second-order valence-electron chi connectivity index (χ2n) is 4.83. The van der Waals surface area contributed by atoms with Crippen molar-refractivity contribution in [3.63, 3.8) is 0 Å². The quantitative estimate of drug-likeness (QED) is 0.721. The van der Waals surface area contributed by atoms with Gasteiger partial charge in [-0.05, 0) is 40.8 Å². The fourth-order valence-corrected chi connectivity index (χ4v) is 2.71. The molecule has 0 aliphatic rings. The largest absolute Gasteiger partial charge is 0.320 e. The molecule has 3 aromatic rings. The molecule has 3 aromatic carbocycles. The lowest BCUT2D eigenvalue weighted by atomic mass is 9.94. The first-order valence-electron chi connectivity index (χ1n) is 6.45. The smallest absolute Gasteiger partial charge is 0.131 e. The highest BCUT2D eigenvalue weighted by atomic mass is 35.5. The van der Waals surface area contributed by atoms with Crippen LogP contribution in [-0.4, -0.2) is 0 Å². The van der Waals surface area contributed by atoms with Gasteiger partial charge in [-0.15, -0.1) is 0 Å². The molecule has 0 amide bonds. The molecular weight excluding hydrogens is 292 g/mol. The Kier molecular flexibility index (Phi) is 3.62. The van der Waals surface area contributed by atoms with Gasteiger partial charge in [0.15, 0.2) is 0 Å². The normalized spacial score (nSPS) is 12.6. The first kappa shape index (κ1) is 14.0. The summed E-state index contributed by atoms with van der Waals surface area (Å²) in [5, 5.41) is 1.57. The van der Waals surface area contributed by atoms with Gasteiger partial charge in [0.05, 0.1) is 6.04 Å². The molecule has 2 N–H and O–H groups in total. The first-order chi connectivity index (χ1) is 10.1. The van der Waals surface area contributed by atoms with Crippen molar-refractivity contribution in [2.45, 2.75) is 6.04 Å². The number of hydrogen-bond donors (Lipinski definition) is 1. The number of rotatable bonds is 2. The van der Waals surface area contributed by atoms with Gasteiger partial charge in [0.1, 0.15) is 11.6 Å². The minimum Gasteiger partial charge on any atom is -0.320 e. The topological polar surface area (TPSA) is 26.0 Å². The van der Waals surface area contributed by atoms with Crippen molar-refractivity contribution in [1.82, 2.24) is 0 Å². The SMILES string of the molecule is NC(c1cc(F)ccc1Cl)c1ccc(F)c2ccccc12. The van der Waals surface area contributed by atoms with Crippen molar-refractivity contribution in [3.8, 4) is 0 Å². The van der Waals surface area contributed by atoms with Crippen LogP contribution in [0.2, 0.25) is 5.02 Å². The van der Waals surface area contributed by atoms with E-state index in [2.05, 4.69) is 0 Å². The second kappa shape index (κ2) is 5.43. The zero-order valence-electron chi connectivity index (χ0n) is 11.0. The Morgan fingerprint density at radius 2 is 1.57 bits per heavy atom. The molecule has 1 nitrogen and oxygen atoms in total. The van der Waals surface area contributed by atoms with Crippen molar-refractivity contribution >= 4 is 22.4 Å². The van der Waals surface area contributed by atoms with Gasteiger partial charge in [-0.2, -0.15) is 0 Å². The van der Waals surface area contributed by atoms with Gasteiger partial charge in [0.2, 0.25) is 0 Å². The molecule has 106 valence electrons. The summed E-state index contributed by atoms with van der Waals surface area (Å²) in [6.45, 7) is 0. The average molecular weight is 304 g/mol. The molecule has 0 aliphatic heterocycles.